The zero-order chi connectivity index (χ0) is 9.15. The molecule has 0 heterocycles. The lowest BCUT2D eigenvalue weighted by Crippen LogP contribution is -2.36. The average molecular weight is 181 g/mol. The van der Waals surface area contributed by atoms with Crippen LogP contribution in [0.1, 0.15) is 57.8 Å². The zero-order valence-corrected chi connectivity index (χ0v) is 8.73. The van der Waals surface area contributed by atoms with Gasteiger partial charge in [-0.05, 0) is 37.1 Å². The summed E-state index contributed by atoms with van der Waals surface area (Å²) in [6.45, 7) is 0.948. The largest absolute Gasteiger partial charge is 0.330 e. The Kier molecular flexibility index (Phi) is 2.92. The molecule has 0 radical (unpaired) electrons. The van der Waals surface area contributed by atoms with Gasteiger partial charge in [-0.25, -0.2) is 0 Å². The van der Waals surface area contributed by atoms with E-state index in [1.54, 1.807) is 0 Å². The first-order valence-electron chi connectivity index (χ1n) is 6.05. The molecule has 1 heteroatoms. The van der Waals surface area contributed by atoms with Gasteiger partial charge < -0.3 is 5.73 Å². The van der Waals surface area contributed by atoms with Gasteiger partial charge in [-0.2, -0.15) is 0 Å². The first-order chi connectivity index (χ1) is 6.35. The van der Waals surface area contributed by atoms with Crippen molar-refractivity contribution >= 4 is 0 Å². The molecule has 2 saturated carbocycles. The van der Waals surface area contributed by atoms with E-state index in [1.165, 1.54) is 57.8 Å². The van der Waals surface area contributed by atoms with E-state index in [0.29, 0.717) is 5.41 Å². The van der Waals surface area contributed by atoms with Crippen molar-refractivity contribution in [2.75, 3.05) is 6.54 Å². The van der Waals surface area contributed by atoms with Crippen LogP contribution in [0.5, 0.6) is 0 Å². The van der Waals surface area contributed by atoms with Crippen LogP contribution in [0, 0.1) is 11.3 Å². The van der Waals surface area contributed by atoms with Crippen LogP contribution in [0.15, 0.2) is 0 Å². The Balaban J connectivity index is 1.88. The monoisotopic (exact) mass is 181 g/mol. The molecule has 0 amide bonds. The lowest BCUT2D eigenvalue weighted by atomic mass is 9.65. The molecular formula is C12H23N. The minimum atomic E-state index is 0.573. The quantitative estimate of drug-likeness (QED) is 0.711. The number of hydrogen-bond donors (Lipinski definition) is 1. The summed E-state index contributed by atoms with van der Waals surface area (Å²) < 4.78 is 0. The maximum absolute atomic E-state index is 5.97. The van der Waals surface area contributed by atoms with E-state index in [4.69, 9.17) is 5.73 Å². The summed E-state index contributed by atoms with van der Waals surface area (Å²) in [6.07, 6.45) is 13.1. The van der Waals surface area contributed by atoms with Gasteiger partial charge in [0.1, 0.15) is 0 Å². The van der Waals surface area contributed by atoms with Gasteiger partial charge in [0.15, 0.2) is 0 Å². The van der Waals surface area contributed by atoms with Crippen molar-refractivity contribution in [3.63, 3.8) is 0 Å². The molecule has 0 unspecified atom stereocenters. The summed E-state index contributed by atoms with van der Waals surface area (Å²) in [5, 5.41) is 0. The molecule has 2 fully saturated rings. The molecule has 2 N–H and O–H groups in total. The molecule has 0 bridgehead atoms. The van der Waals surface area contributed by atoms with Gasteiger partial charge in [0.05, 0.1) is 0 Å². The summed E-state index contributed by atoms with van der Waals surface area (Å²) in [6, 6.07) is 0. The molecule has 0 spiro atoms. The van der Waals surface area contributed by atoms with Crippen LogP contribution < -0.4 is 5.73 Å². The Bertz CT molecular complexity index is 155. The van der Waals surface area contributed by atoms with Crippen LogP contribution in [-0.4, -0.2) is 6.54 Å². The molecule has 13 heavy (non-hydrogen) atoms. The number of nitrogens with two attached hydrogens (primary N) is 1. The highest BCUT2D eigenvalue weighted by molar-refractivity contribution is 4.87. The smallest absolute Gasteiger partial charge is 0.00204 e. The third-order valence-corrected chi connectivity index (χ3v) is 4.29. The Hall–Kier alpha value is -0.0400. The van der Waals surface area contributed by atoms with Gasteiger partial charge in [0.2, 0.25) is 0 Å². The average Bonchev–Trinajstić information content (AvgIpc) is 2.13. The van der Waals surface area contributed by atoms with E-state index in [9.17, 15) is 0 Å². The minimum Gasteiger partial charge on any atom is -0.330 e. The molecule has 1 nitrogen and oxygen atoms in total. The van der Waals surface area contributed by atoms with Crippen LogP contribution in [-0.2, 0) is 0 Å². The summed E-state index contributed by atoms with van der Waals surface area (Å²) in [7, 11) is 0. The molecule has 0 aromatic rings. The Morgan fingerprint density at radius 1 is 1.00 bits per heavy atom. The second-order valence-electron chi connectivity index (χ2n) is 5.27. The van der Waals surface area contributed by atoms with Crippen molar-refractivity contribution < 1.29 is 0 Å². The maximum atomic E-state index is 5.97. The topological polar surface area (TPSA) is 26.0 Å². The fraction of sp³-hybridized carbons (Fsp3) is 1.00. The molecule has 2 aliphatic carbocycles. The predicted molar refractivity (Wildman–Crippen MR) is 56.5 cm³/mol. The van der Waals surface area contributed by atoms with Crippen molar-refractivity contribution in [2.45, 2.75) is 57.8 Å². The SMILES string of the molecule is NCC1(CC2CCC2)CCCCC1. The van der Waals surface area contributed by atoms with Gasteiger partial charge in [-0.1, -0.05) is 38.5 Å². The van der Waals surface area contributed by atoms with Crippen LogP contribution in [0.4, 0.5) is 0 Å². The van der Waals surface area contributed by atoms with E-state index >= 15 is 0 Å². The van der Waals surface area contributed by atoms with E-state index in [-0.39, 0.29) is 0 Å². The van der Waals surface area contributed by atoms with Gasteiger partial charge >= 0.3 is 0 Å². The molecule has 2 aliphatic rings. The van der Waals surface area contributed by atoms with Crippen LogP contribution >= 0.6 is 0 Å². The number of hydrogen-bond acceptors (Lipinski definition) is 1. The summed E-state index contributed by atoms with van der Waals surface area (Å²) in [4.78, 5) is 0. The molecular weight excluding hydrogens is 158 g/mol. The molecule has 76 valence electrons. The van der Waals surface area contributed by atoms with Gasteiger partial charge in [-0.15, -0.1) is 0 Å². The minimum absolute atomic E-state index is 0.573. The second kappa shape index (κ2) is 4.00. The zero-order valence-electron chi connectivity index (χ0n) is 8.73. The van der Waals surface area contributed by atoms with E-state index in [0.717, 1.165) is 12.5 Å². The van der Waals surface area contributed by atoms with Crippen molar-refractivity contribution in [1.82, 2.24) is 0 Å². The highest BCUT2D eigenvalue weighted by Gasteiger charge is 2.34. The Morgan fingerprint density at radius 2 is 1.69 bits per heavy atom. The van der Waals surface area contributed by atoms with Crippen molar-refractivity contribution in [1.29, 1.82) is 0 Å². The fourth-order valence-corrected chi connectivity index (χ4v) is 3.10. The molecule has 0 aromatic heterocycles. The molecule has 2 rings (SSSR count). The third kappa shape index (κ3) is 2.07. The van der Waals surface area contributed by atoms with Crippen LogP contribution in [0.2, 0.25) is 0 Å². The fourth-order valence-electron chi connectivity index (χ4n) is 3.10. The van der Waals surface area contributed by atoms with Gasteiger partial charge in [-0.3, -0.25) is 0 Å². The lowest BCUT2D eigenvalue weighted by molar-refractivity contribution is 0.117. The third-order valence-electron chi connectivity index (χ3n) is 4.29. The second-order valence-corrected chi connectivity index (χ2v) is 5.27. The number of rotatable bonds is 3. The molecule has 0 aliphatic heterocycles. The van der Waals surface area contributed by atoms with Crippen molar-refractivity contribution in [3.8, 4) is 0 Å². The van der Waals surface area contributed by atoms with Crippen molar-refractivity contribution in [2.24, 2.45) is 17.1 Å². The van der Waals surface area contributed by atoms with E-state index < -0.39 is 0 Å². The maximum Gasteiger partial charge on any atom is -0.00204 e. The lowest BCUT2D eigenvalue weighted by Gasteiger charge is -2.41. The molecule has 0 saturated heterocycles. The normalized spacial score (nSPS) is 28.4. The highest BCUT2D eigenvalue weighted by atomic mass is 14.6. The Morgan fingerprint density at radius 3 is 2.15 bits per heavy atom. The summed E-state index contributed by atoms with van der Waals surface area (Å²) >= 11 is 0. The summed E-state index contributed by atoms with van der Waals surface area (Å²) in [5.41, 5.74) is 6.54. The van der Waals surface area contributed by atoms with Crippen LogP contribution in [0.25, 0.3) is 0 Å². The first-order valence-corrected chi connectivity index (χ1v) is 6.05. The molecule has 0 atom stereocenters. The van der Waals surface area contributed by atoms with E-state index in [1.807, 2.05) is 0 Å². The molecule has 0 aromatic carbocycles. The summed E-state index contributed by atoms with van der Waals surface area (Å²) in [5.74, 6) is 1.04. The van der Waals surface area contributed by atoms with Crippen LogP contribution in [0.3, 0.4) is 0 Å². The van der Waals surface area contributed by atoms with E-state index in [2.05, 4.69) is 0 Å². The van der Waals surface area contributed by atoms with Gasteiger partial charge in [0, 0.05) is 0 Å². The Labute approximate surface area is 82.1 Å². The highest BCUT2D eigenvalue weighted by Crippen LogP contribution is 2.45. The first kappa shape index (κ1) is 9.51. The van der Waals surface area contributed by atoms with Crippen molar-refractivity contribution in [3.05, 3.63) is 0 Å². The van der Waals surface area contributed by atoms with Gasteiger partial charge in [0.25, 0.3) is 0 Å². The predicted octanol–water partition coefficient (Wildman–Crippen LogP) is 3.09. The standard InChI is InChI=1S/C12H23N/c13-10-12(7-2-1-3-8-12)9-11-5-4-6-11/h11H,1-10,13H2.